The van der Waals surface area contributed by atoms with E-state index in [1.165, 1.54) is 31.0 Å². The van der Waals surface area contributed by atoms with Crippen molar-refractivity contribution in [2.24, 2.45) is 5.41 Å². The quantitative estimate of drug-likeness (QED) is 0.133. The van der Waals surface area contributed by atoms with Crippen LogP contribution in [0.3, 0.4) is 0 Å². The summed E-state index contributed by atoms with van der Waals surface area (Å²) in [5.41, 5.74) is 3.18. The molecule has 1 fully saturated rings. The smallest absolute Gasteiger partial charge is 0.264 e. The number of rotatable bonds is 15. The van der Waals surface area contributed by atoms with Gasteiger partial charge in [-0.25, -0.2) is 23.1 Å². The molecule has 0 bridgehead atoms. The van der Waals surface area contributed by atoms with Crippen LogP contribution < -0.4 is 15.2 Å². The first kappa shape index (κ1) is 39.6. The standard InChI is InChI=1S/C40H53N7O5S/c1-8-31(23-40(4,5)6)47(26-30-24-41-25-35(42-30)46(19-20-52-7)32-16-9-10-17-32)38(49)29-15-12-18-33(21-29)53(50,51)45-39-43-34(22-36(48)44-39)37-27(2)13-11-14-28(37)3/h11-15,18,21-22,24-25,31-32H,8-10,16-17,19-20,23,26H2,1-7H3,(H2,43,44,45,48)/t31-/m0/s1. The minimum atomic E-state index is -4.27. The highest BCUT2D eigenvalue weighted by atomic mass is 32.2. The van der Waals surface area contributed by atoms with Gasteiger partial charge in [-0.2, -0.15) is 0 Å². The molecule has 1 aliphatic rings. The predicted octanol–water partition coefficient (Wildman–Crippen LogP) is 6.90. The highest BCUT2D eigenvalue weighted by Crippen LogP contribution is 2.30. The number of benzene rings is 2. The second kappa shape index (κ2) is 17.0. The number of H-pyrrole nitrogens is 1. The fourth-order valence-corrected chi connectivity index (χ4v) is 8.23. The summed E-state index contributed by atoms with van der Waals surface area (Å²) in [7, 11) is -2.58. The average molecular weight is 744 g/mol. The van der Waals surface area contributed by atoms with Gasteiger partial charge in [0.25, 0.3) is 21.5 Å². The minimum absolute atomic E-state index is 0.0868. The maximum Gasteiger partial charge on any atom is 0.264 e. The number of methoxy groups -OCH3 is 1. The molecule has 2 N–H and O–H groups in total. The number of carbonyl (C=O) groups is 1. The van der Waals surface area contributed by atoms with Gasteiger partial charge in [-0.05, 0) is 74.3 Å². The topological polar surface area (TPSA) is 150 Å². The molecule has 1 atom stereocenters. The summed E-state index contributed by atoms with van der Waals surface area (Å²) in [6.45, 7) is 13.7. The largest absolute Gasteiger partial charge is 0.383 e. The summed E-state index contributed by atoms with van der Waals surface area (Å²) in [5, 5.41) is 0. The lowest BCUT2D eigenvalue weighted by Gasteiger charge is -2.35. The summed E-state index contributed by atoms with van der Waals surface area (Å²) in [6.07, 6.45) is 9.40. The van der Waals surface area contributed by atoms with Crippen molar-refractivity contribution in [1.82, 2.24) is 24.8 Å². The van der Waals surface area contributed by atoms with Crippen LogP contribution in [-0.2, 0) is 21.3 Å². The highest BCUT2D eigenvalue weighted by molar-refractivity contribution is 7.92. The van der Waals surface area contributed by atoms with Crippen LogP contribution in [-0.4, -0.2) is 71.5 Å². The zero-order valence-corrected chi connectivity index (χ0v) is 32.8. The minimum Gasteiger partial charge on any atom is -0.383 e. The normalized spacial score (nSPS) is 14.2. The van der Waals surface area contributed by atoms with Crippen LogP contribution in [0.5, 0.6) is 0 Å². The third-order valence-electron chi connectivity index (χ3n) is 9.72. The molecule has 0 radical (unpaired) electrons. The number of amides is 1. The average Bonchev–Trinajstić information content (AvgIpc) is 3.64. The molecule has 1 amide bonds. The van der Waals surface area contributed by atoms with E-state index >= 15 is 0 Å². The number of nitrogens with zero attached hydrogens (tertiary/aromatic N) is 5. The SMILES string of the molecule is CC[C@@H](CC(C)(C)C)N(Cc1cncc(N(CCOC)C2CCCC2)n1)C(=O)c1cccc(S(=O)(=O)Nc2nc(-c3c(C)cccc3C)cc(=O)[nH]2)c1. The van der Waals surface area contributed by atoms with Gasteiger partial charge < -0.3 is 14.5 Å². The maximum atomic E-state index is 14.5. The lowest BCUT2D eigenvalue weighted by molar-refractivity contribution is 0.0599. The van der Waals surface area contributed by atoms with Crippen molar-refractivity contribution in [3.05, 3.63) is 93.7 Å². The number of nitrogens with one attached hydrogen (secondary N) is 2. The van der Waals surface area contributed by atoms with Crippen LogP contribution in [0.15, 0.2) is 70.6 Å². The number of hydrogen-bond donors (Lipinski definition) is 2. The monoisotopic (exact) mass is 743 g/mol. The molecule has 12 nitrogen and oxygen atoms in total. The summed E-state index contributed by atoms with van der Waals surface area (Å²) in [4.78, 5) is 47.6. The number of carbonyl (C=O) groups excluding carboxylic acids is 1. The molecule has 5 rings (SSSR count). The molecular weight excluding hydrogens is 691 g/mol. The van der Waals surface area contributed by atoms with Crippen molar-refractivity contribution in [2.75, 3.05) is 29.9 Å². The first-order valence-corrected chi connectivity index (χ1v) is 19.9. The van der Waals surface area contributed by atoms with Crippen molar-refractivity contribution < 1.29 is 17.9 Å². The Kier molecular flexibility index (Phi) is 12.7. The number of aryl methyl sites for hydroxylation is 2. The summed E-state index contributed by atoms with van der Waals surface area (Å²) < 4.78 is 35.4. The van der Waals surface area contributed by atoms with Gasteiger partial charge in [0, 0.05) is 42.9 Å². The summed E-state index contributed by atoms with van der Waals surface area (Å²) >= 11 is 0. The molecular formula is C40H53N7O5S. The Morgan fingerprint density at radius 3 is 2.40 bits per heavy atom. The van der Waals surface area contributed by atoms with E-state index < -0.39 is 15.6 Å². The maximum absolute atomic E-state index is 14.5. The van der Waals surface area contributed by atoms with Gasteiger partial charge in [-0.3, -0.25) is 19.6 Å². The van der Waals surface area contributed by atoms with E-state index in [1.54, 1.807) is 36.5 Å². The number of sulfonamides is 1. The molecule has 2 aromatic heterocycles. The Balaban J connectivity index is 1.46. The third-order valence-corrected chi connectivity index (χ3v) is 11.1. The number of anilines is 2. The highest BCUT2D eigenvalue weighted by Gasteiger charge is 2.30. The Bertz CT molecular complexity index is 2030. The Hall–Kier alpha value is -4.62. The second-order valence-corrected chi connectivity index (χ2v) is 16.8. The number of aromatic nitrogens is 4. The molecule has 284 valence electrons. The fourth-order valence-electron chi connectivity index (χ4n) is 7.22. The second-order valence-electron chi connectivity index (χ2n) is 15.1. The van der Waals surface area contributed by atoms with E-state index in [-0.39, 0.29) is 40.3 Å². The van der Waals surface area contributed by atoms with Gasteiger partial charge in [-0.15, -0.1) is 0 Å². The van der Waals surface area contributed by atoms with E-state index in [0.29, 0.717) is 37.0 Å². The Morgan fingerprint density at radius 1 is 1.04 bits per heavy atom. The van der Waals surface area contributed by atoms with Gasteiger partial charge in [-0.1, -0.05) is 64.8 Å². The zero-order valence-electron chi connectivity index (χ0n) is 32.0. The number of hydrogen-bond acceptors (Lipinski definition) is 9. The lowest BCUT2D eigenvalue weighted by atomic mass is 9.86. The molecule has 2 heterocycles. The molecule has 0 spiro atoms. The molecule has 4 aromatic rings. The van der Waals surface area contributed by atoms with Crippen LogP contribution >= 0.6 is 0 Å². The van der Waals surface area contributed by atoms with Crippen molar-refractivity contribution in [3.63, 3.8) is 0 Å². The van der Waals surface area contributed by atoms with E-state index in [2.05, 4.69) is 52.3 Å². The molecule has 0 saturated heterocycles. The van der Waals surface area contributed by atoms with Crippen LogP contribution in [0.2, 0.25) is 0 Å². The third kappa shape index (κ3) is 10.1. The van der Waals surface area contributed by atoms with Gasteiger partial charge in [0.1, 0.15) is 5.82 Å². The van der Waals surface area contributed by atoms with E-state index in [1.807, 2.05) is 32.0 Å². The first-order chi connectivity index (χ1) is 25.2. The van der Waals surface area contributed by atoms with Crippen LogP contribution in [0, 0.1) is 19.3 Å². The first-order valence-electron chi connectivity index (χ1n) is 18.4. The van der Waals surface area contributed by atoms with Gasteiger partial charge in [0.15, 0.2) is 0 Å². The van der Waals surface area contributed by atoms with Crippen molar-refractivity contribution in [2.45, 2.75) is 104 Å². The summed E-state index contributed by atoms with van der Waals surface area (Å²) in [5.74, 6) is 0.219. The fraction of sp³-hybridized carbons (Fsp3) is 0.475. The van der Waals surface area contributed by atoms with Crippen molar-refractivity contribution in [3.8, 4) is 11.3 Å². The van der Waals surface area contributed by atoms with Gasteiger partial charge >= 0.3 is 0 Å². The number of aromatic amines is 1. The molecule has 1 saturated carbocycles. The Labute approximate surface area is 313 Å². The lowest BCUT2D eigenvalue weighted by Crippen LogP contribution is -2.42. The molecule has 0 aliphatic heterocycles. The molecule has 0 unspecified atom stereocenters. The summed E-state index contributed by atoms with van der Waals surface area (Å²) in [6, 6.07) is 13.2. The van der Waals surface area contributed by atoms with Crippen LogP contribution in [0.25, 0.3) is 11.3 Å². The molecule has 13 heteroatoms. The molecule has 2 aromatic carbocycles. The van der Waals surface area contributed by atoms with E-state index in [4.69, 9.17) is 9.72 Å². The molecule has 53 heavy (non-hydrogen) atoms. The zero-order chi connectivity index (χ0) is 38.3. The van der Waals surface area contributed by atoms with Crippen LogP contribution in [0.1, 0.15) is 93.4 Å². The van der Waals surface area contributed by atoms with Gasteiger partial charge in [0.2, 0.25) is 5.95 Å². The van der Waals surface area contributed by atoms with Crippen LogP contribution in [0.4, 0.5) is 11.8 Å². The van der Waals surface area contributed by atoms with Crippen molar-refractivity contribution >= 4 is 27.7 Å². The number of ether oxygens (including phenoxy) is 1. The van der Waals surface area contributed by atoms with E-state index in [9.17, 15) is 18.0 Å². The van der Waals surface area contributed by atoms with E-state index in [0.717, 1.165) is 41.8 Å². The predicted molar refractivity (Wildman–Crippen MR) is 209 cm³/mol. The molecule has 1 aliphatic carbocycles. The Morgan fingerprint density at radius 2 is 1.74 bits per heavy atom. The van der Waals surface area contributed by atoms with Crippen molar-refractivity contribution in [1.29, 1.82) is 0 Å². The van der Waals surface area contributed by atoms with Gasteiger partial charge in [0.05, 0.1) is 41.8 Å².